The summed E-state index contributed by atoms with van der Waals surface area (Å²) >= 11 is 7.56. The van der Waals surface area contributed by atoms with E-state index < -0.39 is 5.79 Å². The van der Waals surface area contributed by atoms with E-state index in [0.717, 1.165) is 26.1 Å². The molecule has 0 unspecified atom stereocenters. The van der Waals surface area contributed by atoms with E-state index in [0.29, 0.717) is 9.65 Å². The van der Waals surface area contributed by atoms with Gasteiger partial charge in [0.2, 0.25) is 0 Å². The summed E-state index contributed by atoms with van der Waals surface area (Å²) < 4.78 is 11.8. The molecule has 2 aliphatic rings. The molecule has 94 valence electrons. The van der Waals surface area contributed by atoms with Crippen molar-refractivity contribution in [1.82, 2.24) is 0 Å². The first-order valence-electron chi connectivity index (χ1n) is 6.32. The van der Waals surface area contributed by atoms with Gasteiger partial charge in [-0.25, -0.2) is 0 Å². The van der Waals surface area contributed by atoms with Crippen LogP contribution in [0.25, 0.3) is 0 Å². The molecule has 0 amide bonds. The Bertz CT molecular complexity index is 201. The zero-order valence-corrected chi connectivity index (χ0v) is 12.8. The summed E-state index contributed by atoms with van der Waals surface area (Å²) in [7, 11) is 0. The summed E-state index contributed by atoms with van der Waals surface area (Å²) in [6.07, 6.45) is 8.86. The van der Waals surface area contributed by atoms with Crippen molar-refractivity contribution < 1.29 is 9.47 Å². The van der Waals surface area contributed by atoms with Gasteiger partial charge in [0.15, 0.2) is 5.79 Å². The van der Waals surface area contributed by atoms with E-state index in [1.165, 1.54) is 32.1 Å². The van der Waals surface area contributed by atoms with Gasteiger partial charge in [0, 0.05) is 0 Å². The maximum absolute atomic E-state index is 5.92. The quantitative estimate of drug-likeness (QED) is 0.611. The van der Waals surface area contributed by atoms with Crippen molar-refractivity contribution in [2.75, 3.05) is 13.2 Å². The van der Waals surface area contributed by atoms with Crippen LogP contribution in [0.3, 0.4) is 0 Å². The lowest BCUT2D eigenvalue weighted by molar-refractivity contribution is -0.156. The third kappa shape index (κ3) is 2.82. The summed E-state index contributed by atoms with van der Waals surface area (Å²) in [6.45, 7) is 1.45. The first-order valence-corrected chi connectivity index (χ1v) is 8.15. The molecule has 0 aromatic rings. The first-order chi connectivity index (χ1) is 7.76. The van der Waals surface area contributed by atoms with Crippen molar-refractivity contribution >= 4 is 31.9 Å². The Kier molecular flexibility index (Phi) is 5.13. The Morgan fingerprint density at radius 1 is 0.750 bits per heavy atom. The SMILES string of the molecule is Br[C@H]1CCCCCCC[C@H](Br)C12OCCO2. The molecular weight excluding hydrogens is 336 g/mol. The van der Waals surface area contributed by atoms with Crippen molar-refractivity contribution in [2.24, 2.45) is 0 Å². The first kappa shape index (κ1) is 13.3. The van der Waals surface area contributed by atoms with E-state index >= 15 is 0 Å². The Balaban J connectivity index is 2.07. The average molecular weight is 356 g/mol. The van der Waals surface area contributed by atoms with Crippen LogP contribution in [0.2, 0.25) is 0 Å². The van der Waals surface area contributed by atoms with Crippen LogP contribution >= 0.6 is 31.9 Å². The van der Waals surface area contributed by atoms with Gasteiger partial charge in [-0.1, -0.05) is 64.0 Å². The molecule has 0 bridgehead atoms. The fourth-order valence-corrected chi connectivity index (χ4v) is 4.75. The molecule has 1 heterocycles. The monoisotopic (exact) mass is 354 g/mol. The molecule has 1 aliphatic heterocycles. The van der Waals surface area contributed by atoms with Crippen LogP contribution < -0.4 is 0 Å². The zero-order chi connectivity index (χ0) is 11.4. The highest BCUT2D eigenvalue weighted by atomic mass is 79.9. The van der Waals surface area contributed by atoms with E-state index in [1.54, 1.807) is 0 Å². The second kappa shape index (κ2) is 6.17. The highest BCUT2D eigenvalue weighted by Gasteiger charge is 2.48. The highest BCUT2D eigenvalue weighted by molar-refractivity contribution is 9.10. The third-order valence-electron chi connectivity index (χ3n) is 3.53. The molecule has 0 radical (unpaired) electrons. The smallest absolute Gasteiger partial charge is 0.193 e. The molecule has 1 saturated carbocycles. The Morgan fingerprint density at radius 3 is 1.69 bits per heavy atom. The molecular formula is C12H20Br2O2. The standard InChI is InChI=1S/C12H20Br2O2/c13-10-6-4-2-1-3-5-7-11(14)12(10)15-8-9-16-12/h10-11H,1-9H2/t10-,11-/m0/s1. The number of ether oxygens (including phenoxy) is 2. The predicted octanol–water partition coefficient (Wildman–Crippen LogP) is 4.00. The Morgan fingerprint density at radius 2 is 1.19 bits per heavy atom. The van der Waals surface area contributed by atoms with Crippen LogP contribution in [0.1, 0.15) is 44.9 Å². The van der Waals surface area contributed by atoms with E-state index in [-0.39, 0.29) is 0 Å². The number of hydrogen-bond acceptors (Lipinski definition) is 2. The van der Waals surface area contributed by atoms with Gasteiger partial charge >= 0.3 is 0 Å². The maximum atomic E-state index is 5.92. The van der Waals surface area contributed by atoms with E-state index in [2.05, 4.69) is 31.9 Å². The Hall–Kier alpha value is 0.880. The van der Waals surface area contributed by atoms with Crippen molar-refractivity contribution in [2.45, 2.75) is 60.4 Å². The van der Waals surface area contributed by atoms with E-state index in [1.807, 2.05) is 0 Å². The minimum atomic E-state index is -0.419. The molecule has 16 heavy (non-hydrogen) atoms. The molecule has 1 spiro atoms. The molecule has 2 fully saturated rings. The van der Waals surface area contributed by atoms with Crippen LogP contribution in [0, 0.1) is 0 Å². The summed E-state index contributed by atoms with van der Waals surface area (Å²) in [5.74, 6) is -0.419. The van der Waals surface area contributed by atoms with Crippen molar-refractivity contribution in [3.8, 4) is 0 Å². The molecule has 1 aliphatic carbocycles. The molecule has 2 atom stereocenters. The van der Waals surface area contributed by atoms with Gasteiger partial charge in [-0.05, 0) is 12.8 Å². The third-order valence-corrected chi connectivity index (χ3v) is 5.72. The van der Waals surface area contributed by atoms with Crippen LogP contribution in [0.5, 0.6) is 0 Å². The Labute approximate surface area is 115 Å². The molecule has 4 heteroatoms. The number of halogens is 2. The normalized spacial score (nSPS) is 36.4. The van der Waals surface area contributed by atoms with Gasteiger partial charge in [-0.15, -0.1) is 0 Å². The minimum Gasteiger partial charge on any atom is -0.345 e. The number of alkyl halides is 2. The summed E-state index contributed by atoms with van der Waals surface area (Å²) in [5, 5.41) is 0. The van der Waals surface area contributed by atoms with Gasteiger partial charge in [-0.3, -0.25) is 0 Å². The van der Waals surface area contributed by atoms with E-state index in [9.17, 15) is 0 Å². The van der Waals surface area contributed by atoms with E-state index in [4.69, 9.17) is 9.47 Å². The maximum Gasteiger partial charge on any atom is 0.193 e. The average Bonchev–Trinajstić information content (AvgIpc) is 2.76. The summed E-state index contributed by atoms with van der Waals surface area (Å²) in [4.78, 5) is 0.620. The molecule has 0 N–H and O–H groups in total. The second-order valence-electron chi connectivity index (χ2n) is 4.70. The molecule has 0 aromatic heterocycles. The van der Waals surface area contributed by atoms with Crippen LogP contribution in [0.4, 0.5) is 0 Å². The zero-order valence-electron chi connectivity index (χ0n) is 9.59. The van der Waals surface area contributed by atoms with Gasteiger partial charge in [0.05, 0.1) is 22.9 Å². The van der Waals surface area contributed by atoms with Gasteiger partial charge < -0.3 is 9.47 Å². The molecule has 1 saturated heterocycles. The molecule has 2 rings (SSSR count). The topological polar surface area (TPSA) is 18.5 Å². The fourth-order valence-electron chi connectivity index (χ4n) is 2.58. The van der Waals surface area contributed by atoms with Crippen LogP contribution in [-0.2, 0) is 9.47 Å². The molecule has 0 aromatic carbocycles. The largest absolute Gasteiger partial charge is 0.345 e. The van der Waals surface area contributed by atoms with Crippen molar-refractivity contribution in [3.63, 3.8) is 0 Å². The molecule has 2 nitrogen and oxygen atoms in total. The van der Waals surface area contributed by atoms with Crippen molar-refractivity contribution in [1.29, 1.82) is 0 Å². The second-order valence-corrected chi connectivity index (χ2v) is 6.91. The summed E-state index contributed by atoms with van der Waals surface area (Å²) in [5.41, 5.74) is 0. The lowest BCUT2D eigenvalue weighted by atomic mass is 9.96. The number of rotatable bonds is 0. The van der Waals surface area contributed by atoms with Crippen LogP contribution in [-0.4, -0.2) is 28.7 Å². The highest BCUT2D eigenvalue weighted by Crippen LogP contribution is 2.40. The minimum absolute atomic E-state index is 0.310. The van der Waals surface area contributed by atoms with Crippen LogP contribution in [0.15, 0.2) is 0 Å². The van der Waals surface area contributed by atoms with Gasteiger partial charge in [0.1, 0.15) is 0 Å². The fraction of sp³-hybridized carbons (Fsp3) is 1.00. The van der Waals surface area contributed by atoms with Gasteiger partial charge in [-0.2, -0.15) is 0 Å². The van der Waals surface area contributed by atoms with Gasteiger partial charge in [0.25, 0.3) is 0 Å². The van der Waals surface area contributed by atoms with Crippen molar-refractivity contribution in [3.05, 3.63) is 0 Å². The predicted molar refractivity (Wildman–Crippen MR) is 72.4 cm³/mol. The summed E-state index contributed by atoms with van der Waals surface area (Å²) in [6, 6.07) is 0. The number of hydrogen-bond donors (Lipinski definition) is 0. The lowest BCUT2D eigenvalue weighted by Gasteiger charge is -2.37. The lowest BCUT2D eigenvalue weighted by Crippen LogP contribution is -2.48.